The van der Waals surface area contributed by atoms with Crippen molar-refractivity contribution in [2.75, 3.05) is 14.2 Å². The van der Waals surface area contributed by atoms with Crippen LogP contribution in [0.4, 0.5) is 22.7 Å². The van der Waals surface area contributed by atoms with Crippen LogP contribution < -0.4 is 14.2 Å². The number of rotatable bonds is 9. The van der Waals surface area contributed by atoms with Gasteiger partial charge in [-0.2, -0.15) is 20.0 Å². The molecule has 0 fully saturated rings. The normalized spacial score (nSPS) is 12.3. The van der Waals surface area contributed by atoms with Crippen molar-refractivity contribution in [3.05, 3.63) is 156 Å². The summed E-state index contributed by atoms with van der Waals surface area (Å²) in [7, 11) is 3.19. The molecule has 0 atom stereocenters. The number of ether oxygens (including phenoxy) is 3. The summed E-state index contributed by atoms with van der Waals surface area (Å²) in [4.78, 5) is 17.8. The number of hydrogen-bond donors (Lipinski definition) is 1. The van der Waals surface area contributed by atoms with Crippen molar-refractivity contribution in [1.29, 1.82) is 0 Å². The minimum Gasteiger partial charge on any atom is -0.506 e. The van der Waals surface area contributed by atoms with Crippen LogP contribution in [0.25, 0.3) is 11.1 Å². The second-order valence-electron chi connectivity index (χ2n) is 13.4. The summed E-state index contributed by atoms with van der Waals surface area (Å²) >= 11 is 0. The first-order chi connectivity index (χ1) is 25.7. The van der Waals surface area contributed by atoms with Gasteiger partial charge in [0.1, 0.15) is 63.4 Å². The summed E-state index contributed by atoms with van der Waals surface area (Å²) in [6.07, 6.45) is 0. The number of aliphatic imine (C=N–C) groups is 4. The third kappa shape index (κ3) is 6.73. The Bertz CT molecular complexity index is 2400. The second kappa shape index (κ2) is 14.5. The zero-order valence-corrected chi connectivity index (χ0v) is 30.2. The molecular formula is C45H38N4O4. The fourth-order valence-electron chi connectivity index (χ4n) is 6.84. The number of aromatic hydroxyl groups is 1. The lowest BCUT2D eigenvalue weighted by atomic mass is 9.67. The molecule has 0 radical (unpaired) electrons. The van der Waals surface area contributed by atoms with Crippen molar-refractivity contribution < 1.29 is 19.3 Å². The van der Waals surface area contributed by atoms with Gasteiger partial charge in [-0.15, -0.1) is 0 Å². The Labute approximate surface area is 309 Å². The monoisotopic (exact) mass is 698 g/mol. The average Bonchev–Trinajstić information content (AvgIpc) is 3.47. The molecule has 6 aromatic carbocycles. The highest BCUT2D eigenvalue weighted by Crippen LogP contribution is 2.57. The molecule has 0 unspecified atom stereocenters. The molecule has 0 bridgehead atoms. The maximum atomic E-state index is 11.5. The molecule has 0 heterocycles. The standard InChI is InChI=1S/C45H38N4O4/c1-44(2,3)53-43-27-31(23-25-39(43)49-29-48-38-19-11-13-21-42(38)52-5)45(34-16-8-6-14-32(34)33-15-7-9-17-35(33)45)30-22-24-36(40(50)26-30)46-28-47-37-18-10-12-20-41(37)51-4/h6-27,50H,1-5H3. The largest absolute Gasteiger partial charge is 0.506 e. The maximum Gasteiger partial charge on any atom is 0.146 e. The molecule has 1 N–H and O–H groups in total. The fraction of sp³-hybridized carbons (Fsp3) is 0.156. The van der Waals surface area contributed by atoms with Crippen LogP contribution in [0.2, 0.25) is 0 Å². The van der Waals surface area contributed by atoms with Gasteiger partial charge in [-0.3, -0.25) is 0 Å². The van der Waals surface area contributed by atoms with Gasteiger partial charge in [0.2, 0.25) is 0 Å². The van der Waals surface area contributed by atoms with Crippen molar-refractivity contribution in [1.82, 2.24) is 0 Å². The summed E-state index contributed by atoms with van der Waals surface area (Å²) in [5, 5.41) is 11.5. The molecule has 0 aliphatic heterocycles. The van der Waals surface area contributed by atoms with Crippen molar-refractivity contribution in [2.24, 2.45) is 20.0 Å². The van der Waals surface area contributed by atoms with Crippen molar-refractivity contribution >= 4 is 34.8 Å². The van der Waals surface area contributed by atoms with E-state index in [0.29, 0.717) is 40.0 Å². The van der Waals surface area contributed by atoms with Crippen LogP contribution in [0, 0.1) is 0 Å². The maximum absolute atomic E-state index is 11.5. The van der Waals surface area contributed by atoms with Crippen LogP contribution in [-0.2, 0) is 5.41 Å². The average molecular weight is 699 g/mol. The molecule has 8 nitrogen and oxygen atoms in total. The minimum absolute atomic E-state index is 0.00796. The van der Waals surface area contributed by atoms with Gasteiger partial charge in [-0.1, -0.05) is 84.9 Å². The zero-order valence-electron chi connectivity index (χ0n) is 30.2. The Hall–Kier alpha value is -6.72. The molecule has 1 aliphatic rings. The van der Waals surface area contributed by atoms with Crippen LogP contribution in [0.5, 0.6) is 23.0 Å². The summed E-state index contributed by atoms with van der Waals surface area (Å²) in [6.45, 7) is 6.00. The topological polar surface area (TPSA) is 97.4 Å². The first-order valence-electron chi connectivity index (χ1n) is 17.2. The Morgan fingerprint density at radius 2 is 0.943 bits per heavy atom. The molecule has 0 spiro atoms. The Balaban J connectivity index is 1.40. The number of phenols is 1. The lowest BCUT2D eigenvalue weighted by Crippen LogP contribution is -2.29. The van der Waals surface area contributed by atoms with Crippen LogP contribution in [0.3, 0.4) is 0 Å². The van der Waals surface area contributed by atoms with Crippen molar-refractivity contribution in [2.45, 2.75) is 31.8 Å². The van der Waals surface area contributed by atoms with Crippen LogP contribution in [0.1, 0.15) is 43.0 Å². The molecule has 8 heteroatoms. The van der Waals surface area contributed by atoms with E-state index >= 15 is 0 Å². The zero-order chi connectivity index (χ0) is 37.0. The molecule has 262 valence electrons. The number of hydrogen-bond acceptors (Lipinski definition) is 8. The minimum atomic E-state index is -0.831. The van der Waals surface area contributed by atoms with Gasteiger partial charge in [-0.25, -0.2) is 0 Å². The van der Waals surface area contributed by atoms with Crippen LogP contribution in [0.15, 0.2) is 153 Å². The van der Waals surface area contributed by atoms with Gasteiger partial charge in [0.25, 0.3) is 0 Å². The van der Waals surface area contributed by atoms with Crippen molar-refractivity contribution in [3.8, 4) is 34.1 Å². The number of para-hydroxylation sites is 4. The van der Waals surface area contributed by atoms with Gasteiger partial charge >= 0.3 is 0 Å². The molecule has 53 heavy (non-hydrogen) atoms. The summed E-state index contributed by atoms with van der Waals surface area (Å²) in [5.74, 6) is 1.79. The van der Waals surface area contributed by atoms with E-state index in [9.17, 15) is 5.11 Å². The van der Waals surface area contributed by atoms with Crippen molar-refractivity contribution in [3.63, 3.8) is 0 Å². The number of nitrogens with zero attached hydrogens (tertiary/aromatic N) is 4. The SMILES string of the molecule is COc1ccccc1N=C=Nc1ccc(C2(c3ccc(N=C=Nc4ccccc4OC)c(OC(C)(C)C)c3)c3ccccc3-c3ccccc32)cc1O. The van der Waals surface area contributed by atoms with E-state index in [4.69, 9.17) is 14.2 Å². The smallest absolute Gasteiger partial charge is 0.146 e. The number of fused-ring (bicyclic) bond motifs is 3. The highest BCUT2D eigenvalue weighted by molar-refractivity contribution is 5.87. The predicted molar refractivity (Wildman–Crippen MR) is 210 cm³/mol. The molecule has 0 saturated carbocycles. The quantitative estimate of drug-likeness (QED) is 0.152. The van der Waals surface area contributed by atoms with E-state index in [1.165, 1.54) is 0 Å². The molecule has 1 aliphatic carbocycles. The van der Waals surface area contributed by atoms with E-state index in [1.807, 2.05) is 99.6 Å². The highest BCUT2D eigenvalue weighted by atomic mass is 16.5. The molecule has 0 aromatic heterocycles. The highest BCUT2D eigenvalue weighted by Gasteiger charge is 2.46. The molecule has 6 aromatic rings. The summed E-state index contributed by atoms with van der Waals surface area (Å²) < 4.78 is 17.4. The molecule has 7 rings (SSSR count). The van der Waals surface area contributed by atoms with Crippen LogP contribution in [-0.4, -0.2) is 36.9 Å². The van der Waals surface area contributed by atoms with Gasteiger partial charge in [0.15, 0.2) is 0 Å². The van der Waals surface area contributed by atoms with Crippen LogP contribution >= 0.6 is 0 Å². The Morgan fingerprint density at radius 1 is 0.509 bits per heavy atom. The number of benzene rings is 6. The summed E-state index contributed by atoms with van der Waals surface area (Å²) in [5.41, 5.74) is 6.88. The first kappa shape index (κ1) is 34.7. The number of phenolic OH excluding ortho intramolecular Hbond substituents is 1. The van der Waals surface area contributed by atoms with Gasteiger partial charge in [0.05, 0.1) is 19.6 Å². The fourth-order valence-corrected chi connectivity index (χ4v) is 6.84. The molecule has 0 saturated heterocycles. The first-order valence-corrected chi connectivity index (χ1v) is 17.2. The molecule has 0 amide bonds. The van der Waals surface area contributed by atoms with E-state index in [2.05, 4.69) is 74.5 Å². The van der Waals surface area contributed by atoms with E-state index < -0.39 is 11.0 Å². The Morgan fingerprint density at radius 3 is 1.45 bits per heavy atom. The van der Waals surface area contributed by atoms with E-state index in [0.717, 1.165) is 33.4 Å². The Kier molecular flexibility index (Phi) is 9.49. The summed E-state index contributed by atoms with van der Waals surface area (Å²) in [6, 6.07) is 48.7. The third-order valence-corrected chi connectivity index (χ3v) is 9.02. The third-order valence-electron chi connectivity index (χ3n) is 9.02. The van der Waals surface area contributed by atoms with Gasteiger partial charge < -0.3 is 19.3 Å². The lowest BCUT2D eigenvalue weighted by molar-refractivity contribution is 0.131. The van der Waals surface area contributed by atoms with E-state index in [1.54, 1.807) is 26.4 Å². The lowest BCUT2D eigenvalue weighted by Gasteiger charge is -2.34. The predicted octanol–water partition coefficient (Wildman–Crippen LogP) is 11.2. The van der Waals surface area contributed by atoms with Gasteiger partial charge in [0, 0.05) is 0 Å². The van der Waals surface area contributed by atoms with Gasteiger partial charge in [-0.05, 0) is 103 Å². The number of methoxy groups -OCH3 is 2. The second-order valence-corrected chi connectivity index (χ2v) is 13.4. The molecular weight excluding hydrogens is 661 g/mol. The van der Waals surface area contributed by atoms with E-state index in [-0.39, 0.29) is 5.75 Å².